The molecule has 7 heteroatoms. The molecule has 0 fully saturated rings. The molecule has 0 aliphatic heterocycles. The molecule has 5 nitrogen and oxygen atoms in total. The second-order valence-electron chi connectivity index (χ2n) is 3.09. The normalized spacial score (nSPS) is 9.76. The monoisotopic (exact) mass is 256 g/mol. The van der Waals surface area contributed by atoms with Gasteiger partial charge >= 0.3 is 0 Å². The van der Waals surface area contributed by atoms with Crippen molar-refractivity contribution >= 4 is 22.9 Å². The van der Waals surface area contributed by atoms with Crippen LogP contribution in [0.3, 0.4) is 0 Å². The fourth-order valence-electron chi connectivity index (χ4n) is 1.16. The summed E-state index contributed by atoms with van der Waals surface area (Å²) >= 11 is 1.09. The molecule has 0 atom stereocenters. The maximum atomic E-state index is 13.0. The molecule has 0 saturated carbocycles. The molecule has 0 radical (unpaired) electrons. The van der Waals surface area contributed by atoms with Crippen molar-refractivity contribution < 1.29 is 9.13 Å². The van der Waals surface area contributed by atoms with Crippen molar-refractivity contribution in [2.24, 2.45) is 16.5 Å². The van der Waals surface area contributed by atoms with Crippen molar-refractivity contribution in [2.45, 2.75) is 5.75 Å². The van der Waals surface area contributed by atoms with Gasteiger partial charge < -0.3 is 16.2 Å². The van der Waals surface area contributed by atoms with Gasteiger partial charge in [-0.2, -0.15) is 4.99 Å². The van der Waals surface area contributed by atoms with Crippen molar-refractivity contribution in [3.8, 4) is 5.75 Å². The number of amidine groups is 1. The van der Waals surface area contributed by atoms with Gasteiger partial charge in [0.2, 0.25) is 0 Å². The number of rotatable bonds is 3. The third kappa shape index (κ3) is 4.31. The lowest BCUT2D eigenvalue weighted by molar-refractivity contribution is 0.410. The van der Waals surface area contributed by atoms with Gasteiger partial charge in [0, 0.05) is 11.3 Å². The Kier molecular flexibility index (Phi) is 4.77. The average molecular weight is 256 g/mol. The van der Waals surface area contributed by atoms with Gasteiger partial charge in [0.1, 0.15) is 11.6 Å². The number of thioether (sulfide) groups is 1. The van der Waals surface area contributed by atoms with Gasteiger partial charge in [0.15, 0.2) is 11.1 Å². The van der Waals surface area contributed by atoms with E-state index in [1.165, 1.54) is 25.3 Å². The lowest BCUT2D eigenvalue weighted by Gasteiger charge is -2.07. The highest BCUT2D eigenvalue weighted by Gasteiger charge is 2.06. The maximum absolute atomic E-state index is 13.0. The van der Waals surface area contributed by atoms with Gasteiger partial charge in [-0.05, 0) is 18.2 Å². The molecule has 0 aromatic heterocycles. The third-order valence-corrected chi connectivity index (χ3v) is 2.66. The van der Waals surface area contributed by atoms with Crippen LogP contribution < -0.4 is 16.2 Å². The van der Waals surface area contributed by atoms with Gasteiger partial charge in [-0.25, -0.2) is 4.39 Å². The number of nitrogens with two attached hydrogens (primary N) is 2. The average Bonchev–Trinajstić information content (AvgIpc) is 2.25. The first-order valence-corrected chi connectivity index (χ1v) is 5.65. The highest BCUT2D eigenvalue weighted by atomic mass is 32.2. The molecule has 1 aromatic carbocycles. The van der Waals surface area contributed by atoms with Crippen LogP contribution >= 0.6 is 11.8 Å². The van der Waals surface area contributed by atoms with Crippen LogP contribution in [0, 0.1) is 11.2 Å². The SMILES string of the molecule is COc1ccc(F)cc1CSC(=N)N=C(N)N. The highest BCUT2D eigenvalue weighted by Crippen LogP contribution is 2.24. The molecule has 0 heterocycles. The van der Waals surface area contributed by atoms with Crippen LogP contribution in [0.1, 0.15) is 5.56 Å². The fraction of sp³-hybridized carbons (Fsp3) is 0.200. The van der Waals surface area contributed by atoms with E-state index in [1.54, 1.807) is 0 Å². The summed E-state index contributed by atoms with van der Waals surface area (Å²) in [6, 6.07) is 4.21. The number of hydrogen-bond donors (Lipinski definition) is 3. The van der Waals surface area contributed by atoms with Crippen LogP contribution in [0.5, 0.6) is 5.75 Å². The Morgan fingerprint density at radius 3 is 2.82 bits per heavy atom. The Balaban J connectivity index is 2.71. The number of nitrogens with zero attached hydrogens (tertiary/aromatic N) is 1. The Bertz CT molecular complexity index is 446. The quantitative estimate of drug-likeness (QED) is 0.560. The van der Waals surface area contributed by atoms with Crippen LogP contribution in [-0.4, -0.2) is 18.2 Å². The van der Waals surface area contributed by atoms with Gasteiger partial charge in [0.25, 0.3) is 0 Å². The van der Waals surface area contributed by atoms with E-state index in [1.807, 2.05) is 0 Å². The van der Waals surface area contributed by atoms with Crippen LogP contribution in [0.25, 0.3) is 0 Å². The summed E-state index contributed by atoms with van der Waals surface area (Å²) in [6.07, 6.45) is 0. The number of aliphatic imine (C=N–C) groups is 1. The minimum Gasteiger partial charge on any atom is -0.496 e. The standard InChI is InChI=1S/C10H13FN4OS/c1-16-8-3-2-7(11)4-6(8)5-17-10(14)15-9(12)13/h2-4H,5H2,1H3,(H5,12,13,14,15). The topological polar surface area (TPSA) is 97.5 Å². The second-order valence-corrected chi connectivity index (χ2v) is 4.05. The predicted molar refractivity (Wildman–Crippen MR) is 67.8 cm³/mol. The smallest absolute Gasteiger partial charge is 0.193 e. The first-order valence-electron chi connectivity index (χ1n) is 4.66. The molecule has 92 valence electrons. The predicted octanol–water partition coefficient (Wildman–Crippen LogP) is 1.28. The molecule has 0 aliphatic rings. The zero-order chi connectivity index (χ0) is 12.8. The van der Waals surface area contributed by atoms with Gasteiger partial charge in [-0.15, -0.1) is 0 Å². The zero-order valence-corrected chi connectivity index (χ0v) is 10.1. The molecule has 0 unspecified atom stereocenters. The van der Waals surface area contributed by atoms with Crippen molar-refractivity contribution in [3.63, 3.8) is 0 Å². The molecular formula is C10H13FN4OS. The number of methoxy groups -OCH3 is 1. The van der Waals surface area contributed by atoms with Gasteiger partial charge in [-0.1, -0.05) is 11.8 Å². The molecule has 0 aliphatic carbocycles. The van der Waals surface area contributed by atoms with E-state index in [0.717, 1.165) is 11.8 Å². The largest absolute Gasteiger partial charge is 0.496 e. The molecular weight excluding hydrogens is 243 g/mol. The summed E-state index contributed by atoms with van der Waals surface area (Å²) in [5, 5.41) is 7.40. The number of hydrogen-bond acceptors (Lipinski definition) is 3. The van der Waals surface area contributed by atoms with E-state index in [9.17, 15) is 4.39 Å². The summed E-state index contributed by atoms with van der Waals surface area (Å²) in [5.74, 6) is 0.399. The van der Waals surface area contributed by atoms with E-state index in [-0.39, 0.29) is 16.9 Å². The lowest BCUT2D eigenvalue weighted by Crippen LogP contribution is -2.23. The van der Waals surface area contributed by atoms with Crippen LogP contribution in [0.2, 0.25) is 0 Å². The van der Waals surface area contributed by atoms with Crippen molar-refractivity contribution in [3.05, 3.63) is 29.6 Å². The van der Waals surface area contributed by atoms with E-state index in [0.29, 0.717) is 17.1 Å². The zero-order valence-electron chi connectivity index (χ0n) is 9.24. The first-order chi connectivity index (χ1) is 8.02. The van der Waals surface area contributed by atoms with Crippen LogP contribution in [0.15, 0.2) is 23.2 Å². The summed E-state index contributed by atoms with van der Waals surface area (Å²) in [5.41, 5.74) is 10.9. The summed E-state index contributed by atoms with van der Waals surface area (Å²) in [7, 11) is 1.50. The molecule has 0 spiro atoms. The highest BCUT2D eigenvalue weighted by molar-refractivity contribution is 8.13. The van der Waals surface area contributed by atoms with E-state index in [4.69, 9.17) is 21.6 Å². The number of nitrogens with one attached hydrogen (secondary N) is 1. The molecule has 0 bridgehead atoms. The molecule has 0 saturated heterocycles. The second kappa shape index (κ2) is 6.09. The van der Waals surface area contributed by atoms with Crippen molar-refractivity contribution in [2.75, 3.05) is 7.11 Å². The Morgan fingerprint density at radius 2 is 2.24 bits per heavy atom. The van der Waals surface area contributed by atoms with Crippen molar-refractivity contribution in [1.82, 2.24) is 0 Å². The lowest BCUT2D eigenvalue weighted by atomic mass is 10.2. The fourth-order valence-corrected chi connectivity index (χ4v) is 1.84. The Labute approximate surface area is 103 Å². The first kappa shape index (κ1) is 13.3. The van der Waals surface area contributed by atoms with Crippen LogP contribution in [-0.2, 0) is 5.75 Å². The summed E-state index contributed by atoms with van der Waals surface area (Å²) < 4.78 is 18.1. The summed E-state index contributed by atoms with van der Waals surface area (Å²) in [4.78, 5) is 3.55. The number of ether oxygens (including phenoxy) is 1. The minimum atomic E-state index is -0.352. The van der Waals surface area contributed by atoms with Gasteiger partial charge in [-0.3, -0.25) is 5.41 Å². The van der Waals surface area contributed by atoms with E-state index < -0.39 is 0 Å². The molecule has 1 rings (SSSR count). The summed E-state index contributed by atoms with van der Waals surface area (Å²) in [6.45, 7) is 0. The maximum Gasteiger partial charge on any atom is 0.193 e. The number of halogens is 1. The molecule has 1 aromatic rings. The van der Waals surface area contributed by atoms with Gasteiger partial charge in [0.05, 0.1) is 7.11 Å². The van der Waals surface area contributed by atoms with E-state index in [2.05, 4.69) is 4.99 Å². The number of guanidine groups is 1. The minimum absolute atomic E-state index is 0.0312. The Hall–Kier alpha value is -1.76. The third-order valence-electron chi connectivity index (χ3n) is 1.84. The molecule has 5 N–H and O–H groups in total. The van der Waals surface area contributed by atoms with Crippen molar-refractivity contribution in [1.29, 1.82) is 5.41 Å². The number of benzene rings is 1. The molecule has 17 heavy (non-hydrogen) atoms. The van der Waals surface area contributed by atoms with Crippen LogP contribution in [0.4, 0.5) is 4.39 Å². The Morgan fingerprint density at radius 1 is 1.53 bits per heavy atom. The molecule has 0 amide bonds. The van der Waals surface area contributed by atoms with E-state index >= 15 is 0 Å².